The van der Waals surface area contributed by atoms with Gasteiger partial charge in [-0.15, -0.1) is 0 Å². The zero-order valence-electron chi connectivity index (χ0n) is 14.5. The quantitative estimate of drug-likeness (QED) is 0.861. The highest BCUT2D eigenvalue weighted by Gasteiger charge is 2.24. The lowest BCUT2D eigenvalue weighted by atomic mass is 10.0. The average Bonchev–Trinajstić information content (AvgIpc) is 2.53. The number of aryl methyl sites for hydroxylation is 2. The molecule has 0 aliphatic rings. The van der Waals surface area contributed by atoms with Crippen molar-refractivity contribution in [3.63, 3.8) is 0 Å². The molecule has 0 aliphatic carbocycles. The molecule has 0 radical (unpaired) electrons. The molecular weight excluding hydrogens is 284 g/mol. The highest BCUT2D eigenvalue weighted by Crippen LogP contribution is 2.23. The molecule has 1 N–H and O–H groups in total. The van der Waals surface area contributed by atoms with Crippen LogP contribution in [-0.4, -0.2) is 23.9 Å². The number of likely N-dealkylation sites (N-methyl/N-ethyl adjacent to an activating group) is 1. The van der Waals surface area contributed by atoms with Crippen LogP contribution in [0, 0.1) is 13.8 Å². The van der Waals surface area contributed by atoms with Gasteiger partial charge in [-0.2, -0.15) is 0 Å². The van der Waals surface area contributed by atoms with Gasteiger partial charge in [0.25, 0.3) is 0 Å². The van der Waals surface area contributed by atoms with E-state index in [1.54, 1.807) is 0 Å². The normalized spacial score (nSPS) is 11.8. The van der Waals surface area contributed by atoms with Crippen molar-refractivity contribution >= 4 is 11.6 Å². The Kier molecular flexibility index (Phi) is 5.80. The van der Waals surface area contributed by atoms with Gasteiger partial charge in [0.2, 0.25) is 5.91 Å². The summed E-state index contributed by atoms with van der Waals surface area (Å²) in [7, 11) is 0. The third-order valence-corrected chi connectivity index (χ3v) is 3.99. The fourth-order valence-electron chi connectivity index (χ4n) is 2.88. The highest BCUT2D eigenvalue weighted by molar-refractivity contribution is 5.86. The van der Waals surface area contributed by atoms with Crippen molar-refractivity contribution in [2.75, 3.05) is 18.4 Å². The van der Waals surface area contributed by atoms with Crippen molar-refractivity contribution in [3.8, 4) is 0 Å². The number of rotatable bonds is 6. The van der Waals surface area contributed by atoms with Crippen molar-refractivity contribution in [1.82, 2.24) is 4.90 Å². The molecule has 0 fully saturated rings. The van der Waals surface area contributed by atoms with Crippen LogP contribution in [0.15, 0.2) is 48.5 Å². The summed E-state index contributed by atoms with van der Waals surface area (Å²) in [5.74, 6) is 0.111. The first-order valence-corrected chi connectivity index (χ1v) is 8.23. The lowest BCUT2D eigenvalue weighted by molar-refractivity contribution is -0.131. The van der Waals surface area contributed by atoms with E-state index in [0.717, 1.165) is 11.3 Å². The molecule has 0 aromatic heterocycles. The topological polar surface area (TPSA) is 32.3 Å². The van der Waals surface area contributed by atoms with Crippen molar-refractivity contribution in [1.29, 1.82) is 0 Å². The molecule has 0 saturated carbocycles. The van der Waals surface area contributed by atoms with Gasteiger partial charge in [0.05, 0.1) is 0 Å². The number of carbonyl (C=O) groups excluding carboxylic acids is 1. The zero-order valence-corrected chi connectivity index (χ0v) is 14.5. The van der Waals surface area contributed by atoms with Crippen molar-refractivity contribution in [2.24, 2.45) is 0 Å². The fourth-order valence-corrected chi connectivity index (χ4v) is 2.88. The van der Waals surface area contributed by atoms with E-state index >= 15 is 0 Å². The predicted octanol–water partition coefficient (Wildman–Crippen LogP) is 4.33. The second-order valence-electron chi connectivity index (χ2n) is 5.87. The number of nitrogens with zero attached hydrogens (tertiary/aromatic N) is 1. The van der Waals surface area contributed by atoms with E-state index in [0.29, 0.717) is 13.1 Å². The molecule has 0 bridgehead atoms. The molecule has 0 spiro atoms. The largest absolute Gasteiger partial charge is 0.370 e. The number of hydrogen-bond donors (Lipinski definition) is 1. The van der Waals surface area contributed by atoms with Crippen LogP contribution in [0.1, 0.15) is 36.6 Å². The SMILES string of the molecule is CCN(CC)C(=O)[C@@H](Nc1cc(C)cc(C)c1)c1ccccc1. The molecule has 1 amide bonds. The molecular formula is C20H26N2O. The van der Waals surface area contributed by atoms with Gasteiger partial charge in [0, 0.05) is 18.8 Å². The smallest absolute Gasteiger partial charge is 0.249 e. The van der Waals surface area contributed by atoms with Crippen LogP contribution in [0.25, 0.3) is 0 Å². The summed E-state index contributed by atoms with van der Waals surface area (Å²) in [4.78, 5) is 14.8. The number of benzene rings is 2. The Labute approximate surface area is 139 Å². The van der Waals surface area contributed by atoms with Crippen LogP contribution >= 0.6 is 0 Å². The van der Waals surface area contributed by atoms with Gasteiger partial charge < -0.3 is 10.2 Å². The summed E-state index contributed by atoms with van der Waals surface area (Å²) in [5, 5.41) is 3.43. The van der Waals surface area contributed by atoms with Crippen LogP contribution in [0.5, 0.6) is 0 Å². The van der Waals surface area contributed by atoms with Gasteiger partial charge in [-0.1, -0.05) is 36.4 Å². The number of hydrogen-bond acceptors (Lipinski definition) is 2. The first-order valence-electron chi connectivity index (χ1n) is 8.23. The molecule has 1 atom stereocenters. The van der Waals surface area contributed by atoms with Crippen LogP contribution < -0.4 is 5.32 Å². The van der Waals surface area contributed by atoms with Crippen molar-refractivity contribution < 1.29 is 4.79 Å². The highest BCUT2D eigenvalue weighted by atomic mass is 16.2. The van der Waals surface area contributed by atoms with Crippen molar-refractivity contribution in [2.45, 2.75) is 33.7 Å². The Morgan fingerprint density at radius 1 is 1.00 bits per heavy atom. The minimum atomic E-state index is -0.364. The van der Waals surface area contributed by atoms with E-state index in [-0.39, 0.29) is 11.9 Å². The average molecular weight is 310 g/mol. The molecule has 2 rings (SSSR count). The van der Waals surface area contributed by atoms with E-state index in [4.69, 9.17) is 0 Å². The van der Waals surface area contributed by atoms with E-state index in [9.17, 15) is 4.79 Å². The first-order chi connectivity index (χ1) is 11.0. The Morgan fingerprint density at radius 3 is 2.09 bits per heavy atom. The molecule has 0 aliphatic heterocycles. The Bertz CT molecular complexity index is 628. The Morgan fingerprint density at radius 2 is 1.57 bits per heavy atom. The molecule has 3 nitrogen and oxygen atoms in total. The predicted molar refractivity (Wildman–Crippen MR) is 96.6 cm³/mol. The molecule has 0 unspecified atom stereocenters. The van der Waals surface area contributed by atoms with Gasteiger partial charge in [-0.25, -0.2) is 0 Å². The van der Waals surface area contributed by atoms with Crippen LogP contribution in [0.4, 0.5) is 5.69 Å². The van der Waals surface area contributed by atoms with E-state index in [1.165, 1.54) is 11.1 Å². The number of amides is 1. The first kappa shape index (κ1) is 17.1. The van der Waals surface area contributed by atoms with Gasteiger partial charge >= 0.3 is 0 Å². The van der Waals surface area contributed by atoms with E-state index < -0.39 is 0 Å². The molecule has 0 heterocycles. The van der Waals surface area contributed by atoms with Crippen molar-refractivity contribution in [3.05, 3.63) is 65.2 Å². The van der Waals surface area contributed by atoms with E-state index in [1.807, 2.05) is 49.1 Å². The minimum absolute atomic E-state index is 0.111. The van der Waals surface area contributed by atoms with Gasteiger partial charge in [-0.3, -0.25) is 4.79 Å². The summed E-state index contributed by atoms with van der Waals surface area (Å²) in [6.45, 7) is 9.60. The minimum Gasteiger partial charge on any atom is -0.370 e. The molecule has 122 valence electrons. The summed E-state index contributed by atoms with van der Waals surface area (Å²) in [6, 6.07) is 15.9. The molecule has 2 aromatic rings. The number of nitrogens with one attached hydrogen (secondary N) is 1. The third kappa shape index (κ3) is 4.35. The summed E-state index contributed by atoms with van der Waals surface area (Å²) in [5.41, 5.74) is 4.35. The second kappa shape index (κ2) is 7.82. The second-order valence-corrected chi connectivity index (χ2v) is 5.87. The number of carbonyl (C=O) groups is 1. The monoisotopic (exact) mass is 310 g/mol. The van der Waals surface area contributed by atoms with Gasteiger partial charge in [-0.05, 0) is 56.5 Å². The maximum Gasteiger partial charge on any atom is 0.249 e. The number of anilines is 1. The zero-order chi connectivity index (χ0) is 16.8. The molecule has 3 heteroatoms. The molecule has 2 aromatic carbocycles. The van der Waals surface area contributed by atoms with Crippen LogP contribution in [0.3, 0.4) is 0 Å². The van der Waals surface area contributed by atoms with Crippen LogP contribution in [-0.2, 0) is 4.79 Å². The van der Waals surface area contributed by atoms with E-state index in [2.05, 4.69) is 37.4 Å². The Balaban J connectivity index is 2.35. The lowest BCUT2D eigenvalue weighted by Gasteiger charge is -2.27. The summed E-state index contributed by atoms with van der Waals surface area (Å²) >= 11 is 0. The third-order valence-electron chi connectivity index (χ3n) is 3.99. The van der Waals surface area contributed by atoms with Gasteiger partial charge in [0.1, 0.15) is 6.04 Å². The summed E-state index contributed by atoms with van der Waals surface area (Å²) in [6.07, 6.45) is 0. The lowest BCUT2D eigenvalue weighted by Crippen LogP contribution is -2.37. The summed E-state index contributed by atoms with van der Waals surface area (Å²) < 4.78 is 0. The molecule has 23 heavy (non-hydrogen) atoms. The van der Waals surface area contributed by atoms with Gasteiger partial charge in [0.15, 0.2) is 0 Å². The molecule has 0 saturated heterocycles. The Hall–Kier alpha value is -2.29. The van der Waals surface area contributed by atoms with Crippen LogP contribution in [0.2, 0.25) is 0 Å². The fraction of sp³-hybridized carbons (Fsp3) is 0.350. The maximum absolute atomic E-state index is 12.9. The maximum atomic E-state index is 12.9. The standard InChI is InChI=1S/C20H26N2O/c1-5-22(6-2)20(23)19(17-10-8-7-9-11-17)21-18-13-15(3)12-16(4)14-18/h7-14,19,21H,5-6H2,1-4H3/t19-/m0/s1.